The SMILES string of the molecule is CCCCCCCCCCCCCC(=O)O.[InH3]. The van der Waals surface area contributed by atoms with Crippen molar-refractivity contribution in [2.75, 3.05) is 0 Å². The summed E-state index contributed by atoms with van der Waals surface area (Å²) in [6.45, 7) is 2.25. The zero-order chi connectivity index (χ0) is 12.1. The first-order valence-corrected chi connectivity index (χ1v) is 6.99. The molecule has 0 aromatic heterocycles. The van der Waals surface area contributed by atoms with Gasteiger partial charge >= 0.3 is 31.8 Å². The van der Waals surface area contributed by atoms with Gasteiger partial charge in [-0.1, -0.05) is 71.1 Å². The third-order valence-electron chi connectivity index (χ3n) is 2.99. The molecule has 0 amide bonds. The van der Waals surface area contributed by atoms with Crippen molar-refractivity contribution in [2.24, 2.45) is 0 Å². The summed E-state index contributed by atoms with van der Waals surface area (Å²) >= 11 is 0. The number of unbranched alkanes of at least 4 members (excludes halogenated alkanes) is 10. The monoisotopic (exact) mass is 346 g/mol. The Bertz CT molecular complexity index is 160. The third kappa shape index (κ3) is 18.9. The molecule has 0 unspecified atom stereocenters. The van der Waals surface area contributed by atoms with E-state index in [0.717, 1.165) is 12.8 Å². The van der Waals surface area contributed by atoms with Crippen LogP contribution in [0.1, 0.15) is 84.0 Å². The van der Waals surface area contributed by atoms with Crippen LogP contribution < -0.4 is 0 Å². The fourth-order valence-electron chi connectivity index (χ4n) is 1.94. The van der Waals surface area contributed by atoms with Crippen molar-refractivity contribution in [1.82, 2.24) is 0 Å². The number of aliphatic carboxylic acids is 1. The first kappa shape index (κ1) is 19.7. The van der Waals surface area contributed by atoms with Crippen LogP contribution in [-0.4, -0.2) is 36.9 Å². The van der Waals surface area contributed by atoms with Crippen LogP contribution in [0.5, 0.6) is 0 Å². The van der Waals surface area contributed by atoms with Crippen LogP contribution in [-0.2, 0) is 4.79 Å². The average molecular weight is 346 g/mol. The molecule has 0 rings (SSSR count). The second kappa shape index (κ2) is 16.3. The zero-order valence-electron chi connectivity index (χ0n) is 10.8. The number of rotatable bonds is 12. The zero-order valence-corrected chi connectivity index (χ0v) is 10.8. The Kier molecular flexibility index (Phi) is 18.9. The van der Waals surface area contributed by atoms with E-state index in [0.29, 0.717) is 6.42 Å². The summed E-state index contributed by atoms with van der Waals surface area (Å²) < 4.78 is 0. The molecule has 0 saturated carbocycles. The molecule has 0 atom stereocenters. The van der Waals surface area contributed by atoms with Crippen molar-refractivity contribution in [3.8, 4) is 0 Å². The molecule has 0 heterocycles. The molecule has 0 aliphatic rings. The van der Waals surface area contributed by atoms with Crippen molar-refractivity contribution in [2.45, 2.75) is 84.0 Å². The van der Waals surface area contributed by atoms with Gasteiger partial charge in [0.1, 0.15) is 0 Å². The number of carboxylic acid groups (broad SMARTS) is 1. The summed E-state index contributed by atoms with van der Waals surface area (Å²) in [4.78, 5) is 10.3. The molecule has 0 aliphatic carbocycles. The molecular weight excluding hydrogens is 315 g/mol. The van der Waals surface area contributed by atoms with Gasteiger partial charge in [-0.05, 0) is 6.42 Å². The van der Waals surface area contributed by atoms with Gasteiger partial charge in [0, 0.05) is 6.42 Å². The van der Waals surface area contributed by atoms with Crippen LogP contribution in [0.15, 0.2) is 0 Å². The molecule has 0 saturated heterocycles. The first-order chi connectivity index (χ1) is 7.77. The number of carbonyl (C=O) groups is 1. The van der Waals surface area contributed by atoms with Gasteiger partial charge in [0.25, 0.3) is 0 Å². The molecule has 0 spiro atoms. The van der Waals surface area contributed by atoms with Gasteiger partial charge in [0.2, 0.25) is 0 Å². The number of hydrogen-bond donors (Lipinski definition) is 1. The Labute approximate surface area is 125 Å². The molecular formula is C14H31InO2. The summed E-state index contributed by atoms with van der Waals surface area (Å²) in [7, 11) is 0. The molecule has 17 heavy (non-hydrogen) atoms. The predicted octanol–water partition coefficient (Wildman–Crippen LogP) is 3.59. The summed E-state index contributed by atoms with van der Waals surface area (Å²) in [5.74, 6) is -0.657. The second-order valence-corrected chi connectivity index (χ2v) is 4.68. The van der Waals surface area contributed by atoms with Crippen LogP contribution in [0.4, 0.5) is 0 Å². The van der Waals surface area contributed by atoms with E-state index in [1.165, 1.54) is 57.8 Å². The van der Waals surface area contributed by atoms with E-state index in [1.807, 2.05) is 0 Å². The van der Waals surface area contributed by atoms with Crippen molar-refractivity contribution in [3.63, 3.8) is 0 Å². The Balaban J connectivity index is 0. The standard InChI is InChI=1S/C14H28O2.In.3H/c1-2-3-4-5-6-7-8-9-10-11-12-13-14(15)16;;;;/h2-13H2,1H3,(H,15,16);;;;. The summed E-state index contributed by atoms with van der Waals surface area (Å²) in [5.41, 5.74) is 0. The molecule has 1 N–H and O–H groups in total. The summed E-state index contributed by atoms with van der Waals surface area (Å²) in [5, 5.41) is 8.46. The van der Waals surface area contributed by atoms with Gasteiger partial charge in [-0.3, -0.25) is 4.79 Å². The van der Waals surface area contributed by atoms with Gasteiger partial charge in [-0.2, -0.15) is 0 Å². The van der Waals surface area contributed by atoms with Crippen molar-refractivity contribution >= 4 is 31.8 Å². The maximum atomic E-state index is 10.3. The fraction of sp³-hybridized carbons (Fsp3) is 0.929. The molecule has 0 bridgehead atoms. The van der Waals surface area contributed by atoms with Gasteiger partial charge in [-0.15, -0.1) is 0 Å². The topological polar surface area (TPSA) is 37.3 Å². The third-order valence-corrected chi connectivity index (χ3v) is 2.99. The molecule has 0 aromatic rings. The number of carboxylic acids is 1. The van der Waals surface area contributed by atoms with Crippen molar-refractivity contribution in [3.05, 3.63) is 0 Å². The van der Waals surface area contributed by atoms with E-state index >= 15 is 0 Å². The summed E-state index contributed by atoms with van der Waals surface area (Å²) in [6.07, 6.45) is 14.4. The van der Waals surface area contributed by atoms with E-state index < -0.39 is 5.97 Å². The molecule has 0 radical (unpaired) electrons. The minimum absolute atomic E-state index is 0. The average Bonchev–Trinajstić information content (AvgIpc) is 2.25. The van der Waals surface area contributed by atoms with Gasteiger partial charge in [0.15, 0.2) is 0 Å². The van der Waals surface area contributed by atoms with Crippen LogP contribution in [0.3, 0.4) is 0 Å². The molecule has 0 aliphatic heterocycles. The van der Waals surface area contributed by atoms with Gasteiger partial charge in [0.05, 0.1) is 0 Å². The first-order valence-electron chi connectivity index (χ1n) is 6.99. The van der Waals surface area contributed by atoms with Gasteiger partial charge in [-0.25, -0.2) is 0 Å². The van der Waals surface area contributed by atoms with Crippen LogP contribution in [0.25, 0.3) is 0 Å². The normalized spacial score (nSPS) is 9.94. The predicted molar refractivity (Wildman–Crippen MR) is 78.7 cm³/mol. The van der Waals surface area contributed by atoms with E-state index in [1.54, 1.807) is 0 Å². The number of hydrogen-bond acceptors (Lipinski definition) is 1. The van der Waals surface area contributed by atoms with Crippen molar-refractivity contribution < 1.29 is 9.90 Å². The van der Waals surface area contributed by atoms with Gasteiger partial charge < -0.3 is 5.11 Å². The quantitative estimate of drug-likeness (QED) is 0.549. The van der Waals surface area contributed by atoms with Crippen LogP contribution >= 0.6 is 0 Å². The van der Waals surface area contributed by atoms with Crippen molar-refractivity contribution in [1.29, 1.82) is 0 Å². The van der Waals surface area contributed by atoms with E-state index in [2.05, 4.69) is 6.92 Å². The Morgan fingerprint density at radius 3 is 1.47 bits per heavy atom. The second-order valence-electron chi connectivity index (χ2n) is 4.68. The maximum absolute atomic E-state index is 10.3. The fourth-order valence-corrected chi connectivity index (χ4v) is 1.94. The van der Waals surface area contributed by atoms with Crippen LogP contribution in [0.2, 0.25) is 0 Å². The molecule has 3 heteroatoms. The van der Waals surface area contributed by atoms with E-state index in [9.17, 15) is 4.79 Å². The Hall–Kier alpha value is 0.340. The molecule has 0 aromatic carbocycles. The Morgan fingerprint density at radius 1 is 0.765 bits per heavy atom. The van der Waals surface area contributed by atoms with E-state index in [-0.39, 0.29) is 25.8 Å². The molecule has 2 nitrogen and oxygen atoms in total. The summed E-state index contributed by atoms with van der Waals surface area (Å²) in [6, 6.07) is 0. The molecule has 102 valence electrons. The Morgan fingerprint density at radius 2 is 1.12 bits per heavy atom. The van der Waals surface area contributed by atoms with Crippen LogP contribution in [0, 0.1) is 0 Å². The van der Waals surface area contributed by atoms with E-state index in [4.69, 9.17) is 5.11 Å². The molecule has 0 fully saturated rings. The minimum atomic E-state index is -0.657.